The number of methoxy groups -OCH3 is 1. The molecule has 0 aliphatic heterocycles. The highest BCUT2D eigenvalue weighted by molar-refractivity contribution is 6.01. The first-order valence-corrected chi connectivity index (χ1v) is 13.9. The molecule has 4 aromatic rings. The molecule has 0 radical (unpaired) electrons. The number of aliphatic hydroxyl groups excluding tert-OH is 1. The molecule has 0 bridgehead atoms. The van der Waals surface area contributed by atoms with Crippen LogP contribution in [0.25, 0.3) is 22.2 Å². The number of esters is 1. The number of aromatic hydroxyl groups is 1. The summed E-state index contributed by atoms with van der Waals surface area (Å²) in [5.74, 6) is -2.46. The van der Waals surface area contributed by atoms with Crippen molar-refractivity contribution in [3.05, 3.63) is 71.9 Å². The summed E-state index contributed by atoms with van der Waals surface area (Å²) in [4.78, 5) is 47.0. The van der Waals surface area contributed by atoms with Gasteiger partial charge in [0.2, 0.25) is 11.8 Å². The number of nitrogens with zero attached hydrogens (tertiary/aromatic N) is 1. The number of Topliss-reactive ketones (excluding diaryl/α,β-unsaturated/α-hetero) is 1. The van der Waals surface area contributed by atoms with Crippen LogP contribution in [0.2, 0.25) is 0 Å². The van der Waals surface area contributed by atoms with Crippen LogP contribution in [0.4, 0.5) is 0 Å². The van der Waals surface area contributed by atoms with Crippen molar-refractivity contribution in [3.8, 4) is 17.1 Å². The van der Waals surface area contributed by atoms with Crippen molar-refractivity contribution >= 4 is 28.6 Å². The van der Waals surface area contributed by atoms with Crippen molar-refractivity contribution in [1.29, 1.82) is 0 Å². The highest BCUT2D eigenvalue weighted by atomic mass is 16.5. The number of hydrogen-bond acceptors (Lipinski definition) is 8. The largest absolute Gasteiger partial charge is 0.508 e. The second kappa shape index (κ2) is 13.0. The van der Waals surface area contributed by atoms with Gasteiger partial charge in [-0.3, -0.25) is 9.59 Å². The van der Waals surface area contributed by atoms with Gasteiger partial charge < -0.3 is 29.7 Å². The van der Waals surface area contributed by atoms with E-state index in [2.05, 4.69) is 15.3 Å². The van der Waals surface area contributed by atoms with E-state index in [1.54, 1.807) is 32.2 Å². The molecule has 10 nitrogen and oxygen atoms in total. The number of hydrogen-bond donors (Lipinski definition) is 4. The van der Waals surface area contributed by atoms with E-state index in [-0.39, 0.29) is 47.8 Å². The van der Waals surface area contributed by atoms with Crippen molar-refractivity contribution in [1.82, 2.24) is 15.3 Å². The number of nitrogens with one attached hydrogen (secondary N) is 2. The van der Waals surface area contributed by atoms with Gasteiger partial charge in [-0.1, -0.05) is 58.0 Å². The van der Waals surface area contributed by atoms with E-state index >= 15 is 0 Å². The quantitative estimate of drug-likeness (QED) is 0.173. The first kappa shape index (κ1) is 30.5. The summed E-state index contributed by atoms with van der Waals surface area (Å²) >= 11 is 0. The lowest BCUT2D eigenvalue weighted by Gasteiger charge is -2.24. The van der Waals surface area contributed by atoms with Gasteiger partial charge >= 0.3 is 5.97 Å². The predicted molar refractivity (Wildman–Crippen MR) is 157 cm³/mol. The molecule has 0 fully saturated rings. The molecular weight excluding hydrogens is 538 g/mol. The maximum atomic E-state index is 13.8. The van der Waals surface area contributed by atoms with Gasteiger partial charge in [0.05, 0.1) is 7.11 Å². The molecule has 222 valence electrons. The third kappa shape index (κ3) is 6.71. The number of phenolic OH excluding ortho intramolecular Hbond substituents is 1. The molecule has 2 aromatic heterocycles. The molecule has 0 saturated heterocycles. The van der Waals surface area contributed by atoms with Crippen LogP contribution >= 0.6 is 0 Å². The van der Waals surface area contributed by atoms with Gasteiger partial charge in [0, 0.05) is 35.0 Å². The highest BCUT2D eigenvalue weighted by Crippen LogP contribution is 2.35. The van der Waals surface area contributed by atoms with Crippen LogP contribution in [0.1, 0.15) is 62.1 Å². The fourth-order valence-corrected chi connectivity index (χ4v) is 4.84. The fraction of sp³-hybridized carbons (Fsp3) is 0.375. The van der Waals surface area contributed by atoms with E-state index in [0.717, 1.165) is 16.5 Å². The van der Waals surface area contributed by atoms with Crippen molar-refractivity contribution in [2.45, 2.75) is 52.7 Å². The van der Waals surface area contributed by atoms with Gasteiger partial charge in [-0.2, -0.15) is 0 Å². The Morgan fingerprint density at radius 3 is 2.36 bits per heavy atom. The number of amides is 1. The minimum atomic E-state index is -1.20. The molecular formula is C32H37N3O7. The van der Waals surface area contributed by atoms with Gasteiger partial charge in [0.15, 0.2) is 17.2 Å². The lowest BCUT2D eigenvalue weighted by molar-refractivity contribution is -0.135. The second-order valence-corrected chi connectivity index (χ2v) is 11.1. The van der Waals surface area contributed by atoms with Crippen molar-refractivity contribution < 1.29 is 33.8 Å². The van der Waals surface area contributed by atoms with Crippen molar-refractivity contribution in [2.75, 3.05) is 7.11 Å². The van der Waals surface area contributed by atoms with Crippen LogP contribution in [0.3, 0.4) is 0 Å². The topological polar surface area (TPSA) is 155 Å². The van der Waals surface area contributed by atoms with Gasteiger partial charge in [0.25, 0.3) is 0 Å². The number of fused-ring (bicyclic) bond motifs is 1. The maximum absolute atomic E-state index is 13.8. The van der Waals surface area contributed by atoms with Gasteiger partial charge in [-0.15, -0.1) is 0 Å². The Balaban J connectivity index is 1.68. The number of aromatic amines is 1. The van der Waals surface area contributed by atoms with E-state index < -0.39 is 35.7 Å². The summed E-state index contributed by atoms with van der Waals surface area (Å²) < 4.78 is 11.2. The first-order valence-electron chi connectivity index (χ1n) is 13.9. The molecule has 4 N–H and O–H groups in total. The van der Waals surface area contributed by atoms with Crippen LogP contribution in [0, 0.1) is 17.8 Å². The third-order valence-electron chi connectivity index (χ3n) is 7.28. The smallest absolute Gasteiger partial charge is 0.360 e. The first-order chi connectivity index (χ1) is 20.0. The maximum Gasteiger partial charge on any atom is 0.360 e. The van der Waals surface area contributed by atoms with Gasteiger partial charge in [0.1, 0.15) is 17.9 Å². The lowest BCUT2D eigenvalue weighted by Crippen LogP contribution is -2.39. The van der Waals surface area contributed by atoms with Crippen LogP contribution in [0.5, 0.6) is 5.75 Å². The fourth-order valence-electron chi connectivity index (χ4n) is 4.84. The number of rotatable bonds is 12. The number of oxazole rings is 1. The Kier molecular flexibility index (Phi) is 9.47. The predicted octanol–water partition coefficient (Wildman–Crippen LogP) is 4.96. The van der Waals surface area contributed by atoms with E-state index in [0.29, 0.717) is 5.56 Å². The zero-order valence-corrected chi connectivity index (χ0v) is 24.4. The molecule has 0 spiro atoms. The average Bonchev–Trinajstić information content (AvgIpc) is 3.60. The molecule has 10 heteroatoms. The third-order valence-corrected chi connectivity index (χ3v) is 7.28. The summed E-state index contributed by atoms with van der Waals surface area (Å²) in [6.45, 7) is 7.22. The minimum absolute atomic E-state index is 0.0203. The van der Waals surface area contributed by atoms with Crippen LogP contribution < -0.4 is 5.32 Å². The number of ether oxygens (including phenoxy) is 1. The molecule has 0 aliphatic carbocycles. The molecule has 0 unspecified atom stereocenters. The number of carbonyl (C=O) groups is 3. The van der Waals surface area contributed by atoms with Crippen LogP contribution in [-0.2, 0) is 20.7 Å². The van der Waals surface area contributed by atoms with Crippen LogP contribution in [0.15, 0.2) is 59.1 Å². The van der Waals surface area contributed by atoms with E-state index in [1.807, 2.05) is 38.1 Å². The molecule has 3 atom stereocenters. The van der Waals surface area contributed by atoms with E-state index in [1.165, 1.54) is 19.2 Å². The zero-order valence-electron chi connectivity index (χ0n) is 24.4. The van der Waals surface area contributed by atoms with Crippen molar-refractivity contribution in [3.63, 3.8) is 0 Å². The Morgan fingerprint density at radius 2 is 1.71 bits per heavy atom. The monoisotopic (exact) mass is 575 g/mol. The Hall–Kier alpha value is -4.44. The summed E-state index contributed by atoms with van der Waals surface area (Å²) in [5.41, 5.74) is 2.19. The molecule has 42 heavy (non-hydrogen) atoms. The number of benzene rings is 2. The van der Waals surface area contributed by atoms with Crippen LogP contribution in [-0.4, -0.2) is 51.1 Å². The number of aliphatic hydroxyl groups is 1. The summed E-state index contributed by atoms with van der Waals surface area (Å²) in [6.07, 6.45) is 0.543. The number of phenols is 1. The number of ketones is 1. The van der Waals surface area contributed by atoms with Gasteiger partial charge in [-0.25, -0.2) is 9.78 Å². The van der Waals surface area contributed by atoms with Crippen molar-refractivity contribution in [2.24, 2.45) is 17.8 Å². The highest BCUT2D eigenvalue weighted by Gasteiger charge is 2.33. The lowest BCUT2D eigenvalue weighted by atomic mass is 9.89. The number of carbonyl (C=O) groups excluding carboxylic acids is 3. The number of aromatic nitrogens is 2. The molecule has 2 heterocycles. The molecule has 4 rings (SSSR count). The summed E-state index contributed by atoms with van der Waals surface area (Å²) in [7, 11) is 1.26. The normalized spacial score (nSPS) is 13.7. The summed E-state index contributed by atoms with van der Waals surface area (Å²) in [5, 5.41) is 23.8. The number of para-hydroxylation sites is 1. The summed E-state index contributed by atoms with van der Waals surface area (Å²) in [6, 6.07) is 13.2. The molecule has 2 aromatic carbocycles. The molecule has 0 saturated carbocycles. The Labute approximate surface area is 244 Å². The standard InChI is InChI=1S/C32H37N3O7/c1-17(2)26(31-35-27(32(40)41-5)29(42-31)23-16-33-24-9-7-6-8-22(23)24)34-30(39)20(15-25(37)28(38)18(3)4)14-19-10-12-21(36)13-11-19/h6-13,16-18,20,26,28,33,36,38H,14-15H2,1-5H3,(H,34,39)/t20-,26+,28+/m1/s1. The molecule has 0 aliphatic rings. The number of H-pyrrole nitrogens is 1. The Bertz CT molecular complexity index is 1550. The second-order valence-electron chi connectivity index (χ2n) is 11.1. The van der Waals surface area contributed by atoms with E-state index in [9.17, 15) is 24.6 Å². The van der Waals surface area contributed by atoms with E-state index in [4.69, 9.17) is 9.15 Å². The zero-order chi connectivity index (χ0) is 30.6. The Morgan fingerprint density at radius 1 is 1.02 bits per heavy atom. The van der Waals surface area contributed by atoms with Gasteiger partial charge in [-0.05, 0) is 42.0 Å². The minimum Gasteiger partial charge on any atom is -0.508 e. The average molecular weight is 576 g/mol. The SMILES string of the molecule is COC(=O)c1nc([C@@H](NC(=O)[C@@H](CC(=O)[C@@H](O)C(C)C)Cc2ccc(O)cc2)C(C)C)oc1-c1c[nH]c2ccccc12. The molecule has 1 amide bonds.